The molecule has 2 atom stereocenters. The van der Waals surface area contributed by atoms with Gasteiger partial charge in [-0.3, -0.25) is 14.6 Å². The maximum Gasteiger partial charge on any atom is 0.304 e. The zero-order valence-electron chi connectivity index (χ0n) is 22.9. The molecule has 4 heterocycles. The van der Waals surface area contributed by atoms with Crippen LogP contribution < -0.4 is 9.64 Å². The Morgan fingerprint density at radius 3 is 2.24 bits per heavy atom. The van der Waals surface area contributed by atoms with Crippen molar-refractivity contribution in [3.8, 4) is 22.9 Å². The molecule has 11 heteroatoms. The summed E-state index contributed by atoms with van der Waals surface area (Å²) in [6.45, 7) is 6.65. The van der Waals surface area contributed by atoms with E-state index in [1.54, 1.807) is 18.5 Å². The Morgan fingerprint density at radius 1 is 0.902 bits per heavy atom. The molecule has 41 heavy (non-hydrogen) atoms. The van der Waals surface area contributed by atoms with Crippen molar-refractivity contribution in [2.24, 2.45) is 11.8 Å². The molecule has 6 rings (SSSR count). The molecule has 0 bridgehead atoms. The quantitative estimate of drug-likeness (QED) is 0.345. The van der Waals surface area contributed by atoms with Crippen molar-refractivity contribution >= 4 is 35.1 Å². The van der Waals surface area contributed by atoms with E-state index >= 15 is 0 Å². The average Bonchev–Trinajstić information content (AvgIpc) is 3.73. The maximum atomic E-state index is 10.9. The second-order valence-electron chi connectivity index (χ2n) is 11.3. The highest BCUT2D eigenvalue weighted by atomic mass is 35.5. The molecule has 3 aliphatic rings. The number of hydrogen-bond donors (Lipinski definition) is 1. The third kappa shape index (κ3) is 7.46. The van der Waals surface area contributed by atoms with Crippen molar-refractivity contribution in [2.75, 3.05) is 50.7 Å². The first-order chi connectivity index (χ1) is 19.9. The van der Waals surface area contributed by atoms with Gasteiger partial charge >= 0.3 is 5.97 Å². The van der Waals surface area contributed by atoms with E-state index in [2.05, 4.69) is 30.7 Å². The van der Waals surface area contributed by atoms with E-state index in [1.807, 2.05) is 18.2 Å². The van der Waals surface area contributed by atoms with E-state index in [-0.39, 0.29) is 6.42 Å². The highest BCUT2D eigenvalue weighted by molar-refractivity contribution is 6.35. The van der Waals surface area contributed by atoms with Crippen LogP contribution in [0.2, 0.25) is 10.0 Å². The number of likely N-dealkylation sites (tertiary alicyclic amines) is 1. The van der Waals surface area contributed by atoms with Gasteiger partial charge in [0.25, 0.3) is 0 Å². The molecule has 0 spiro atoms. The molecule has 9 nitrogen and oxygen atoms in total. The molecule has 3 aromatic rings. The highest BCUT2D eigenvalue weighted by Crippen LogP contribution is 2.45. The number of halogens is 2. The molecule has 2 saturated heterocycles. The Balaban J connectivity index is 1.16. The van der Waals surface area contributed by atoms with Crippen LogP contribution in [-0.4, -0.2) is 81.6 Å². The minimum Gasteiger partial charge on any atom is -0.481 e. The molecule has 1 saturated carbocycles. The smallest absolute Gasteiger partial charge is 0.304 e. The van der Waals surface area contributed by atoms with Crippen LogP contribution in [0, 0.1) is 11.8 Å². The van der Waals surface area contributed by atoms with Gasteiger partial charge in [0.2, 0.25) is 11.8 Å². The number of carboxylic acids is 1. The van der Waals surface area contributed by atoms with Crippen LogP contribution in [0.4, 0.5) is 5.95 Å². The van der Waals surface area contributed by atoms with Gasteiger partial charge in [0.15, 0.2) is 5.75 Å². The van der Waals surface area contributed by atoms with Gasteiger partial charge in [-0.25, -0.2) is 15.0 Å². The van der Waals surface area contributed by atoms with Crippen molar-refractivity contribution in [3.63, 3.8) is 0 Å². The summed E-state index contributed by atoms with van der Waals surface area (Å²) in [5, 5.41) is 10.0. The van der Waals surface area contributed by atoms with Gasteiger partial charge in [0, 0.05) is 60.9 Å². The predicted octanol–water partition coefficient (Wildman–Crippen LogP) is 5.47. The summed E-state index contributed by atoms with van der Waals surface area (Å²) in [6, 6.07) is 9.52. The Bertz CT molecular complexity index is 1350. The Hall–Kier alpha value is -2.98. The van der Waals surface area contributed by atoms with E-state index in [0.717, 1.165) is 74.5 Å². The number of anilines is 1. The fraction of sp³-hybridized carbons (Fsp3) is 0.467. The van der Waals surface area contributed by atoms with Crippen LogP contribution in [0.5, 0.6) is 11.6 Å². The number of carboxylic acid groups (broad SMARTS) is 1. The Labute approximate surface area is 250 Å². The summed E-state index contributed by atoms with van der Waals surface area (Å²) in [6.07, 6.45) is 7.45. The molecule has 2 unspecified atom stereocenters. The minimum absolute atomic E-state index is 0.156. The minimum atomic E-state index is -0.770. The van der Waals surface area contributed by atoms with E-state index < -0.39 is 5.97 Å². The maximum absolute atomic E-state index is 10.9. The number of rotatable bonds is 9. The number of fused-ring (bicyclic) bond motifs is 1. The number of aromatic nitrogens is 3. The molecular weight excluding hydrogens is 563 g/mol. The lowest BCUT2D eigenvalue weighted by Crippen LogP contribution is -2.47. The van der Waals surface area contributed by atoms with Crippen LogP contribution >= 0.6 is 23.2 Å². The number of aliphatic carboxylic acids is 1. The number of ether oxygens (including phenoxy) is 1. The fourth-order valence-corrected chi connectivity index (χ4v) is 6.39. The van der Waals surface area contributed by atoms with Crippen LogP contribution in [-0.2, 0) is 11.3 Å². The zero-order chi connectivity index (χ0) is 28.3. The Morgan fingerprint density at radius 2 is 1.59 bits per heavy atom. The summed E-state index contributed by atoms with van der Waals surface area (Å²) in [7, 11) is 0. The lowest BCUT2D eigenvalue weighted by Gasteiger charge is -2.34. The van der Waals surface area contributed by atoms with Gasteiger partial charge in [-0.1, -0.05) is 23.2 Å². The van der Waals surface area contributed by atoms with Crippen LogP contribution in [0.3, 0.4) is 0 Å². The van der Waals surface area contributed by atoms with Gasteiger partial charge < -0.3 is 14.7 Å². The third-order valence-electron chi connectivity index (χ3n) is 8.26. The van der Waals surface area contributed by atoms with Crippen LogP contribution in [0.15, 0.2) is 42.7 Å². The standard InChI is InChI=1S/C30H34Cl2N6O3/c31-24-14-23(15-25(32)16-24)27-11-20(19-37-4-1-21-13-22(21)2-5-37)12-28(35-27)41-26-17-33-30(34-18-26)38-9-7-36(8-10-38)6-3-29(39)40/h11-12,14-18,21-22H,1-10,13,19H2,(H,39,40). The fourth-order valence-electron chi connectivity index (χ4n) is 5.87. The van der Waals surface area contributed by atoms with Crippen LogP contribution in [0.25, 0.3) is 11.3 Å². The summed E-state index contributed by atoms with van der Waals surface area (Å²) in [4.78, 5) is 31.5. The molecule has 1 aromatic carbocycles. The first-order valence-corrected chi connectivity index (χ1v) is 15.0. The summed E-state index contributed by atoms with van der Waals surface area (Å²) in [5.41, 5.74) is 2.70. The predicted molar refractivity (Wildman–Crippen MR) is 159 cm³/mol. The molecular formula is C30H34Cl2N6O3. The molecule has 1 N–H and O–H groups in total. The lowest BCUT2D eigenvalue weighted by molar-refractivity contribution is -0.137. The van der Waals surface area contributed by atoms with E-state index in [0.29, 0.717) is 34.2 Å². The number of piperazine rings is 1. The number of carbonyl (C=O) groups is 1. The first-order valence-electron chi connectivity index (χ1n) is 14.3. The second kappa shape index (κ2) is 12.5. The number of benzene rings is 1. The van der Waals surface area contributed by atoms with Gasteiger partial charge in [-0.15, -0.1) is 0 Å². The molecule has 1 aliphatic carbocycles. The van der Waals surface area contributed by atoms with E-state index in [4.69, 9.17) is 38.0 Å². The molecule has 0 radical (unpaired) electrons. The van der Waals surface area contributed by atoms with E-state index in [1.165, 1.54) is 19.3 Å². The number of pyridine rings is 1. The van der Waals surface area contributed by atoms with Crippen molar-refractivity contribution in [1.82, 2.24) is 24.8 Å². The number of nitrogens with zero attached hydrogens (tertiary/aromatic N) is 6. The molecule has 0 amide bonds. The summed E-state index contributed by atoms with van der Waals surface area (Å²) in [5.74, 6) is 2.67. The van der Waals surface area contributed by atoms with Crippen molar-refractivity contribution in [3.05, 3.63) is 58.3 Å². The highest BCUT2D eigenvalue weighted by Gasteiger charge is 2.38. The zero-order valence-corrected chi connectivity index (χ0v) is 24.4. The van der Waals surface area contributed by atoms with Gasteiger partial charge in [0.1, 0.15) is 0 Å². The Kier molecular flexibility index (Phi) is 8.57. The lowest BCUT2D eigenvalue weighted by atomic mass is 10.1. The monoisotopic (exact) mass is 596 g/mol. The average molecular weight is 598 g/mol. The number of hydrogen-bond acceptors (Lipinski definition) is 8. The normalized spacial score (nSPS) is 21.3. The SMILES string of the molecule is O=C(O)CCN1CCN(c2ncc(Oc3cc(CN4CCC5CC5CC4)cc(-c4cc(Cl)cc(Cl)c4)n3)cn2)CC1. The van der Waals surface area contributed by atoms with Gasteiger partial charge in [0.05, 0.1) is 24.5 Å². The first kappa shape index (κ1) is 28.2. The molecule has 216 valence electrons. The second-order valence-corrected chi connectivity index (χ2v) is 12.1. The van der Waals surface area contributed by atoms with Crippen molar-refractivity contribution in [1.29, 1.82) is 0 Å². The van der Waals surface area contributed by atoms with Gasteiger partial charge in [-0.2, -0.15) is 0 Å². The molecule has 3 fully saturated rings. The summed E-state index contributed by atoms with van der Waals surface area (Å²) < 4.78 is 6.19. The van der Waals surface area contributed by atoms with Crippen LogP contribution in [0.1, 0.15) is 31.2 Å². The topological polar surface area (TPSA) is 94.9 Å². The molecule has 2 aliphatic heterocycles. The van der Waals surface area contributed by atoms with Crippen molar-refractivity contribution in [2.45, 2.75) is 32.2 Å². The summed E-state index contributed by atoms with van der Waals surface area (Å²) >= 11 is 12.6. The van der Waals surface area contributed by atoms with Gasteiger partial charge in [-0.05, 0) is 74.0 Å². The van der Waals surface area contributed by atoms with E-state index in [9.17, 15) is 4.79 Å². The largest absolute Gasteiger partial charge is 0.481 e. The third-order valence-corrected chi connectivity index (χ3v) is 8.70. The molecule has 2 aromatic heterocycles. The van der Waals surface area contributed by atoms with Crippen molar-refractivity contribution < 1.29 is 14.6 Å².